The Bertz CT molecular complexity index is 1000. The summed E-state index contributed by atoms with van der Waals surface area (Å²) in [5.41, 5.74) is 2.37. The van der Waals surface area contributed by atoms with Crippen molar-refractivity contribution in [3.8, 4) is 0 Å². The molecule has 1 aromatic heterocycles. The zero-order chi connectivity index (χ0) is 17.8. The lowest BCUT2D eigenvalue weighted by Crippen LogP contribution is -2.24. The summed E-state index contributed by atoms with van der Waals surface area (Å²) in [6.07, 6.45) is 3.31. The van der Waals surface area contributed by atoms with E-state index in [9.17, 15) is 9.59 Å². The molecule has 5 nitrogen and oxygen atoms in total. The van der Waals surface area contributed by atoms with E-state index in [4.69, 9.17) is 5.11 Å². The molecule has 0 fully saturated rings. The molecule has 2 aromatic carbocycles. The first-order chi connectivity index (χ1) is 12.0. The molecule has 0 unspecified atom stereocenters. The lowest BCUT2D eigenvalue weighted by Gasteiger charge is -2.11. The molecule has 0 saturated carbocycles. The first kappa shape index (κ1) is 16.6. The van der Waals surface area contributed by atoms with Crippen LogP contribution in [0.2, 0.25) is 0 Å². The molecular formula is C20H18N2O3. The van der Waals surface area contributed by atoms with E-state index in [1.807, 2.05) is 37.3 Å². The van der Waals surface area contributed by atoms with Crippen LogP contribution in [0.4, 0.5) is 0 Å². The van der Waals surface area contributed by atoms with Crippen LogP contribution in [0.5, 0.6) is 0 Å². The van der Waals surface area contributed by atoms with Crippen molar-refractivity contribution in [3.05, 3.63) is 81.9 Å². The van der Waals surface area contributed by atoms with E-state index in [2.05, 4.69) is 4.98 Å². The van der Waals surface area contributed by atoms with Crippen LogP contribution in [0.15, 0.2) is 59.4 Å². The van der Waals surface area contributed by atoms with Crippen LogP contribution < -0.4 is 5.56 Å². The number of fused-ring (bicyclic) bond motifs is 1. The number of aromatic nitrogens is 2. The van der Waals surface area contributed by atoms with Gasteiger partial charge in [0.2, 0.25) is 0 Å². The Morgan fingerprint density at radius 1 is 1.20 bits per heavy atom. The number of carboxylic acids is 1. The Balaban J connectivity index is 1.94. The van der Waals surface area contributed by atoms with Crippen molar-refractivity contribution in [2.45, 2.75) is 19.9 Å². The zero-order valence-corrected chi connectivity index (χ0v) is 13.8. The van der Waals surface area contributed by atoms with E-state index in [1.165, 1.54) is 11.6 Å². The topological polar surface area (TPSA) is 72.2 Å². The minimum Gasteiger partial charge on any atom is -0.478 e. The summed E-state index contributed by atoms with van der Waals surface area (Å²) in [5.74, 6) is -0.367. The smallest absolute Gasteiger partial charge is 0.328 e. The van der Waals surface area contributed by atoms with Gasteiger partial charge in [-0.3, -0.25) is 9.36 Å². The maximum atomic E-state index is 12.8. The van der Waals surface area contributed by atoms with Crippen LogP contribution in [-0.4, -0.2) is 20.6 Å². The summed E-state index contributed by atoms with van der Waals surface area (Å²) in [5, 5.41) is 9.24. The zero-order valence-electron chi connectivity index (χ0n) is 13.8. The first-order valence-electron chi connectivity index (χ1n) is 8.01. The van der Waals surface area contributed by atoms with E-state index >= 15 is 0 Å². The average molecular weight is 334 g/mol. The summed E-state index contributed by atoms with van der Waals surface area (Å²) in [6.45, 7) is 2.38. The van der Waals surface area contributed by atoms with Crippen molar-refractivity contribution in [1.29, 1.82) is 0 Å². The molecule has 0 radical (unpaired) electrons. The SMILES string of the molecule is Cc1nc2cc(C=CC(=O)O)ccc2c(=O)n1CCc1ccccc1. The fraction of sp³-hybridized carbons (Fsp3) is 0.150. The third-order valence-electron chi connectivity index (χ3n) is 4.06. The van der Waals surface area contributed by atoms with Gasteiger partial charge in [0.05, 0.1) is 10.9 Å². The molecule has 3 rings (SSSR count). The van der Waals surface area contributed by atoms with Gasteiger partial charge in [-0.15, -0.1) is 0 Å². The Hall–Kier alpha value is -3.21. The van der Waals surface area contributed by atoms with E-state index in [1.54, 1.807) is 22.8 Å². The number of benzene rings is 2. The van der Waals surface area contributed by atoms with Crippen molar-refractivity contribution in [2.24, 2.45) is 0 Å². The van der Waals surface area contributed by atoms with Crippen LogP contribution in [0.3, 0.4) is 0 Å². The predicted molar refractivity (Wildman–Crippen MR) is 97.6 cm³/mol. The second kappa shape index (κ2) is 7.13. The van der Waals surface area contributed by atoms with Crippen LogP contribution >= 0.6 is 0 Å². The Kier molecular flexibility index (Phi) is 4.75. The molecule has 1 N–H and O–H groups in total. The number of carboxylic acid groups (broad SMARTS) is 1. The Labute approximate surface area is 144 Å². The molecular weight excluding hydrogens is 316 g/mol. The van der Waals surface area contributed by atoms with Gasteiger partial charge in [0.15, 0.2) is 0 Å². The van der Waals surface area contributed by atoms with Gasteiger partial charge in [-0.05, 0) is 42.7 Å². The normalized spacial score (nSPS) is 11.2. The molecule has 5 heteroatoms. The number of rotatable bonds is 5. The van der Waals surface area contributed by atoms with Crippen molar-refractivity contribution >= 4 is 22.9 Å². The quantitative estimate of drug-likeness (QED) is 0.728. The molecule has 0 aliphatic carbocycles. The number of hydrogen-bond donors (Lipinski definition) is 1. The highest BCUT2D eigenvalue weighted by Crippen LogP contribution is 2.13. The van der Waals surface area contributed by atoms with Crippen molar-refractivity contribution in [1.82, 2.24) is 9.55 Å². The third-order valence-corrected chi connectivity index (χ3v) is 4.06. The summed E-state index contributed by atoms with van der Waals surface area (Å²) in [6, 6.07) is 15.2. The molecule has 0 amide bonds. The number of hydrogen-bond acceptors (Lipinski definition) is 3. The number of carbonyl (C=O) groups is 1. The number of aliphatic carboxylic acids is 1. The lowest BCUT2D eigenvalue weighted by atomic mass is 10.1. The largest absolute Gasteiger partial charge is 0.478 e. The Morgan fingerprint density at radius 2 is 1.96 bits per heavy atom. The van der Waals surface area contributed by atoms with Gasteiger partial charge in [0.25, 0.3) is 5.56 Å². The van der Waals surface area contributed by atoms with Crippen molar-refractivity contribution in [2.75, 3.05) is 0 Å². The minimum absolute atomic E-state index is 0.0767. The second-order valence-electron chi connectivity index (χ2n) is 5.80. The fourth-order valence-electron chi connectivity index (χ4n) is 2.77. The van der Waals surface area contributed by atoms with Crippen molar-refractivity contribution < 1.29 is 9.90 Å². The van der Waals surface area contributed by atoms with Crippen LogP contribution in [0.1, 0.15) is 17.0 Å². The average Bonchev–Trinajstić information content (AvgIpc) is 2.60. The van der Waals surface area contributed by atoms with Gasteiger partial charge in [-0.2, -0.15) is 0 Å². The van der Waals surface area contributed by atoms with E-state index in [-0.39, 0.29) is 5.56 Å². The molecule has 0 atom stereocenters. The molecule has 1 heterocycles. The molecule has 126 valence electrons. The van der Waals surface area contributed by atoms with E-state index in [0.717, 1.165) is 12.5 Å². The molecule has 0 bridgehead atoms. The first-order valence-corrected chi connectivity index (χ1v) is 8.01. The van der Waals surface area contributed by atoms with Crippen LogP contribution in [0.25, 0.3) is 17.0 Å². The maximum absolute atomic E-state index is 12.8. The maximum Gasteiger partial charge on any atom is 0.328 e. The Morgan fingerprint density at radius 3 is 2.68 bits per heavy atom. The molecule has 0 spiro atoms. The summed E-state index contributed by atoms with van der Waals surface area (Å²) in [4.78, 5) is 27.9. The molecule has 25 heavy (non-hydrogen) atoms. The molecule has 0 aliphatic heterocycles. The summed E-state index contributed by atoms with van der Waals surface area (Å²) < 4.78 is 1.68. The third kappa shape index (κ3) is 3.83. The molecule has 0 saturated heterocycles. The minimum atomic E-state index is -1.01. The fourth-order valence-corrected chi connectivity index (χ4v) is 2.77. The van der Waals surface area contributed by atoms with Gasteiger partial charge in [-0.25, -0.2) is 9.78 Å². The number of aryl methyl sites for hydroxylation is 2. The second-order valence-corrected chi connectivity index (χ2v) is 5.80. The highest BCUT2D eigenvalue weighted by atomic mass is 16.4. The van der Waals surface area contributed by atoms with Gasteiger partial charge >= 0.3 is 5.97 Å². The van der Waals surface area contributed by atoms with E-state index in [0.29, 0.717) is 28.8 Å². The molecule has 3 aromatic rings. The molecule has 0 aliphatic rings. The van der Waals surface area contributed by atoms with Gasteiger partial charge in [0, 0.05) is 12.6 Å². The van der Waals surface area contributed by atoms with Gasteiger partial charge in [0.1, 0.15) is 5.82 Å². The van der Waals surface area contributed by atoms with Gasteiger partial charge in [-0.1, -0.05) is 36.4 Å². The highest BCUT2D eigenvalue weighted by molar-refractivity contribution is 5.87. The summed E-state index contributed by atoms with van der Waals surface area (Å²) in [7, 11) is 0. The van der Waals surface area contributed by atoms with Crippen LogP contribution in [0, 0.1) is 6.92 Å². The monoisotopic (exact) mass is 334 g/mol. The highest BCUT2D eigenvalue weighted by Gasteiger charge is 2.08. The number of nitrogens with zero attached hydrogens (tertiary/aromatic N) is 2. The lowest BCUT2D eigenvalue weighted by molar-refractivity contribution is -0.131. The standard InChI is InChI=1S/C20H18N2O3/c1-14-21-18-13-16(8-10-19(23)24)7-9-17(18)20(25)22(14)12-11-15-5-3-2-4-6-15/h2-10,13H,11-12H2,1H3,(H,23,24). The van der Waals surface area contributed by atoms with Crippen molar-refractivity contribution in [3.63, 3.8) is 0 Å². The van der Waals surface area contributed by atoms with Gasteiger partial charge < -0.3 is 5.11 Å². The predicted octanol–water partition coefficient (Wildman–Crippen LogP) is 3.05. The van der Waals surface area contributed by atoms with Crippen LogP contribution in [-0.2, 0) is 17.8 Å². The van der Waals surface area contributed by atoms with E-state index < -0.39 is 5.97 Å². The summed E-state index contributed by atoms with van der Waals surface area (Å²) >= 11 is 0.